The standard InChI is InChI=1S/4C18H15P.Pd/c4*1-4-10-16(11-5-1)19(17-12-6-2-7-13-17)18-14-8-3-9-15-18;/h4*1-15H;/q;;;;-3. The Balaban J connectivity index is 0.000000135. The molecule has 0 amide bonds. The summed E-state index contributed by atoms with van der Waals surface area (Å²) in [6.07, 6.45) is 0. The summed E-state index contributed by atoms with van der Waals surface area (Å²) in [5, 5.41) is 16.8. The van der Waals surface area contributed by atoms with Crippen LogP contribution in [-0.2, 0) is 20.4 Å². The average Bonchev–Trinajstić information content (AvgIpc) is 3.51. The van der Waals surface area contributed by atoms with Crippen LogP contribution >= 0.6 is 31.7 Å². The van der Waals surface area contributed by atoms with E-state index in [0.29, 0.717) is 0 Å². The molecule has 12 aromatic rings. The maximum atomic E-state index is 2.23. The van der Waals surface area contributed by atoms with Crippen molar-refractivity contribution >= 4 is 95.3 Å². The molecule has 0 aliphatic heterocycles. The fourth-order valence-electron chi connectivity index (χ4n) is 8.71. The molecule has 1 radical (unpaired) electrons. The minimum Gasteiger partial charge on any atom is -3.00 e. The van der Waals surface area contributed by atoms with Crippen molar-refractivity contribution in [1.82, 2.24) is 0 Å². The molecule has 0 bridgehead atoms. The molecule has 0 aliphatic carbocycles. The van der Waals surface area contributed by atoms with Crippen LogP contribution in [0, 0.1) is 0 Å². The summed E-state index contributed by atoms with van der Waals surface area (Å²) in [4.78, 5) is 0. The molecule has 5 heteroatoms. The van der Waals surface area contributed by atoms with E-state index in [1.165, 1.54) is 63.7 Å². The zero-order valence-corrected chi connectivity index (χ0v) is 47.9. The Morgan fingerprint density at radius 1 is 0.104 bits per heavy atom. The van der Waals surface area contributed by atoms with E-state index in [9.17, 15) is 0 Å². The van der Waals surface area contributed by atoms with Gasteiger partial charge in [0.1, 0.15) is 0 Å². The van der Waals surface area contributed by atoms with Crippen molar-refractivity contribution < 1.29 is 20.4 Å². The third kappa shape index (κ3) is 16.5. The first-order valence-corrected chi connectivity index (χ1v) is 31.0. The molecule has 0 fully saturated rings. The van der Waals surface area contributed by atoms with Gasteiger partial charge in [-0.15, -0.1) is 0 Å². The van der Waals surface area contributed by atoms with Crippen LogP contribution in [0.15, 0.2) is 364 Å². The predicted octanol–water partition coefficient (Wildman–Crippen LogP) is 13.8. The molecule has 0 heterocycles. The van der Waals surface area contributed by atoms with E-state index in [1.54, 1.807) is 0 Å². The Labute approximate surface area is 476 Å². The van der Waals surface area contributed by atoms with E-state index in [2.05, 4.69) is 364 Å². The minimum atomic E-state index is -0.446. The van der Waals surface area contributed by atoms with Crippen molar-refractivity contribution in [2.45, 2.75) is 0 Å². The summed E-state index contributed by atoms with van der Waals surface area (Å²) in [7, 11) is -1.78. The molecule has 12 rings (SSSR count). The van der Waals surface area contributed by atoms with E-state index < -0.39 is 31.7 Å². The fraction of sp³-hybridized carbons (Fsp3) is 0. The summed E-state index contributed by atoms with van der Waals surface area (Å²) in [5.41, 5.74) is 0. The van der Waals surface area contributed by atoms with E-state index >= 15 is 0 Å². The quantitative estimate of drug-likeness (QED) is 0.0845. The Kier molecular flexibility index (Phi) is 22.9. The van der Waals surface area contributed by atoms with Crippen LogP contribution in [0.4, 0.5) is 0 Å². The van der Waals surface area contributed by atoms with Gasteiger partial charge in [0.2, 0.25) is 0 Å². The topological polar surface area (TPSA) is 0 Å². The van der Waals surface area contributed by atoms with Gasteiger partial charge in [-0.05, 0) is 95.3 Å². The molecule has 0 aliphatic rings. The van der Waals surface area contributed by atoms with Gasteiger partial charge in [-0.1, -0.05) is 364 Å². The molecule has 0 atom stereocenters. The van der Waals surface area contributed by atoms with Crippen molar-refractivity contribution in [2.75, 3.05) is 0 Å². The van der Waals surface area contributed by atoms with Crippen LogP contribution in [-0.4, -0.2) is 0 Å². The molecular weight excluding hydrogens is 1100 g/mol. The predicted molar refractivity (Wildman–Crippen MR) is 341 cm³/mol. The maximum Gasteiger partial charge on any atom is -0.0134 e. The summed E-state index contributed by atoms with van der Waals surface area (Å²) >= 11 is 0. The van der Waals surface area contributed by atoms with E-state index in [-0.39, 0.29) is 20.4 Å². The Morgan fingerprint density at radius 2 is 0.169 bits per heavy atom. The number of rotatable bonds is 12. The summed E-state index contributed by atoms with van der Waals surface area (Å²) in [6, 6.07) is 129. The molecule has 0 N–H and O–H groups in total. The zero-order chi connectivity index (χ0) is 51.7. The Hall–Kier alpha value is -6.98. The van der Waals surface area contributed by atoms with Crippen molar-refractivity contribution in [3.8, 4) is 0 Å². The SMILES string of the molecule is [Pd-3].c1ccc(P(c2ccccc2)c2ccccc2)cc1.c1ccc(P(c2ccccc2)c2ccccc2)cc1.c1ccc(P(c2ccccc2)c2ccccc2)cc1.c1ccc(P(c2ccccc2)c2ccccc2)cc1. The second-order valence-corrected chi connectivity index (χ2v) is 26.2. The van der Waals surface area contributed by atoms with Crippen LogP contribution in [0.2, 0.25) is 0 Å². The van der Waals surface area contributed by atoms with Gasteiger partial charge in [0.05, 0.1) is 0 Å². The van der Waals surface area contributed by atoms with Gasteiger partial charge < -0.3 is 20.4 Å². The van der Waals surface area contributed by atoms with Gasteiger partial charge in [0.15, 0.2) is 0 Å². The molecule has 0 unspecified atom stereocenters. The Morgan fingerprint density at radius 3 is 0.234 bits per heavy atom. The van der Waals surface area contributed by atoms with Gasteiger partial charge >= 0.3 is 0 Å². The van der Waals surface area contributed by atoms with Gasteiger partial charge in [-0.25, -0.2) is 0 Å². The van der Waals surface area contributed by atoms with Crippen LogP contribution in [0.5, 0.6) is 0 Å². The minimum absolute atomic E-state index is 0. The second kappa shape index (κ2) is 31.3. The fourth-order valence-corrected chi connectivity index (χ4v) is 17.9. The first-order chi connectivity index (χ1) is 37.8. The molecule has 0 saturated carbocycles. The zero-order valence-electron chi connectivity index (χ0n) is 42.7. The number of hydrogen-bond acceptors (Lipinski definition) is 0. The number of hydrogen-bond donors (Lipinski definition) is 0. The van der Waals surface area contributed by atoms with Gasteiger partial charge in [-0.2, -0.15) is 0 Å². The summed E-state index contributed by atoms with van der Waals surface area (Å²) < 4.78 is 0. The first kappa shape index (κ1) is 56.2. The van der Waals surface area contributed by atoms with Gasteiger partial charge in [0, 0.05) is 0 Å². The van der Waals surface area contributed by atoms with Crippen LogP contribution in [0.25, 0.3) is 0 Å². The molecule has 0 nitrogen and oxygen atoms in total. The number of benzene rings is 12. The van der Waals surface area contributed by atoms with E-state index in [1.807, 2.05) is 0 Å². The molecule has 0 aromatic heterocycles. The molecule has 12 aromatic carbocycles. The molecule has 77 heavy (non-hydrogen) atoms. The second-order valence-electron chi connectivity index (χ2n) is 17.4. The molecule has 381 valence electrons. The van der Waals surface area contributed by atoms with Crippen molar-refractivity contribution in [3.05, 3.63) is 364 Å². The van der Waals surface area contributed by atoms with E-state index in [0.717, 1.165) is 0 Å². The van der Waals surface area contributed by atoms with E-state index in [4.69, 9.17) is 0 Å². The van der Waals surface area contributed by atoms with Crippen LogP contribution in [0.3, 0.4) is 0 Å². The largest absolute Gasteiger partial charge is 3.00 e. The average molecular weight is 1160 g/mol. The van der Waals surface area contributed by atoms with Crippen molar-refractivity contribution in [3.63, 3.8) is 0 Å². The Bertz CT molecular complexity index is 2580. The maximum absolute atomic E-state index is 2.23. The molecular formula is C72H60P4Pd-3. The van der Waals surface area contributed by atoms with Crippen molar-refractivity contribution in [2.24, 2.45) is 0 Å². The van der Waals surface area contributed by atoms with Crippen molar-refractivity contribution in [1.29, 1.82) is 0 Å². The van der Waals surface area contributed by atoms with Gasteiger partial charge in [-0.3, -0.25) is 0 Å². The van der Waals surface area contributed by atoms with Crippen LogP contribution < -0.4 is 63.7 Å². The smallest absolute Gasteiger partial charge is 0.0134 e. The molecule has 0 saturated heterocycles. The summed E-state index contributed by atoms with van der Waals surface area (Å²) in [5.74, 6) is 0. The van der Waals surface area contributed by atoms with Gasteiger partial charge in [0.25, 0.3) is 0 Å². The normalized spacial score (nSPS) is 10.4. The van der Waals surface area contributed by atoms with Crippen LogP contribution in [0.1, 0.15) is 0 Å². The summed E-state index contributed by atoms with van der Waals surface area (Å²) in [6.45, 7) is 0. The monoisotopic (exact) mass is 1150 g/mol. The third-order valence-electron chi connectivity index (χ3n) is 12.2. The first-order valence-electron chi connectivity index (χ1n) is 25.6. The third-order valence-corrected chi connectivity index (χ3v) is 21.9. The molecule has 0 spiro atoms.